The number of methoxy groups -OCH3 is 1. The first-order valence-electron chi connectivity index (χ1n) is 9.45. The minimum absolute atomic E-state index is 0.0326. The molecule has 3 heterocycles. The van der Waals surface area contributed by atoms with Gasteiger partial charge < -0.3 is 23.9 Å². The molecule has 3 rings (SSSR count). The van der Waals surface area contributed by atoms with Gasteiger partial charge in [-0.25, -0.2) is 4.79 Å². The normalized spacial score (nSPS) is 10.8. The summed E-state index contributed by atoms with van der Waals surface area (Å²) in [6.45, 7) is 3.49. The first kappa shape index (κ1) is 23.5. The molecule has 0 saturated carbocycles. The largest absolute Gasteiger partial charge is 0.469 e. The number of ether oxygens (including phenoxy) is 1. The number of anilines is 1. The summed E-state index contributed by atoms with van der Waals surface area (Å²) in [6, 6.07) is 1.81. The molecule has 0 aliphatic rings. The van der Waals surface area contributed by atoms with Crippen LogP contribution in [0.25, 0.3) is 11.4 Å². The molecule has 0 spiro atoms. The Hall–Kier alpha value is -3.12. The van der Waals surface area contributed by atoms with E-state index in [1.54, 1.807) is 45.0 Å². The number of nitrogens with zero attached hydrogens (tertiary/aromatic N) is 4. The summed E-state index contributed by atoms with van der Waals surface area (Å²) in [5.41, 5.74) is 1.47. The molecule has 10 nitrogen and oxygen atoms in total. The smallest absolute Gasteiger partial charge is 0.341 e. The lowest BCUT2D eigenvalue weighted by atomic mass is 10.1. The zero-order valence-corrected chi connectivity index (χ0v) is 20.1. The highest BCUT2D eigenvalue weighted by atomic mass is 32.2. The standard InChI is InChI=1S/C20H23N5O5S2/c1-10-14(19(28)29-6)17(32-15(10)18(27)24(3)4)21-13(26)9-31-20-23-22-16(25(20)5)12-7-8-30-11(12)2/h7-8H,9H2,1-6H3,(H,21,26). The molecule has 0 aliphatic heterocycles. The number of thiophene rings is 1. The summed E-state index contributed by atoms with van der Waals surface area (Å²) in [4.78, 5) is 39.1. The van der Waals surface area contributed by atoms with Crippen LogP contribution in [-0.4, -0.2) is 64.4 Å². The van der Waals surface area contributed by atoms with Gasteiger partial charge in [-0.1, -0.05) is 11.8 Å². The van der Waals surface area contributed by atoms with Gasteiger partial charge in [0.15, 0.2) is 11.0 Å². The molecular weight excluding hydrogens is 454 g/mol. The molecule has 12 heteroatoms. The van der Waals surface area contributed by atoms with E-state index < -0.39 is 5.97 Å². The molecule has 2 amide bonds. The van der Waals surface area contributed by atoms with Gasteiger partial charge in [-0.05, 0) is 25.5 Å². The van der Waals surface area contributed by atoms with Crippen LogP contribution in [0.4, 0.5) is 5.00 Å². The van der Waals surface area contributed by atoms with Crippen molar-refractivity contribution in [3.8, 4) is 11.4 Å². The van der Waals surface area contributed by atoms with E-state index in [1.165, 1.54) is 23.8 Å². The van der Waals surface area contributed by atoms with E-state index in [9.17, 15) is 14.4 Å². The van der Waals surface area contributed by atoms with E-state index in [4.69, 9.17) is 9.15 Å². The molecule has 170 valence electrons. The van der Waals surface area contributed by atoms with Crippen molar-refractivity contribution in [1.29, 1.82) is 0 Å². The van der Waals surface area contributed by atoms with E-state index in [2.05, 4.69) is 15.5 Å². The van der Waals surface area contributed by atoms with Gasteiger partial charge in [0.05, 0.1) is 35.1 Å². The number of rotatable bonds is 7. The fraction of sp³-hybridized carbons (Fsp3) is 0.350. The van der Waals surface area contributed by atoms with Crippen LogP contribution < -0.4 is 5.32 Å². The molecule has 3 aromatic heterocycles. The summed E-state index contributed by atoms with van der Waals surface area (Å²) in [5.74, 6) is 0.162. The summed E-state index contributed by atoms with van der Waals surface area (Å²) in [6.07, 6.45) is 1.58. The summed E-state index contributed by atoms with van der Waals surface area (Å²) in [5, 5.41) is 11.9. The Morgan fingerprint density at radius 3 is 2.59 bits per heavy atom. The lowest BCUT2D eigenvalue weighted by Crippen LogP contribution is -2.21. The Morgan fingerprint density at radius 1 is 1.28 bits per heavy atom. The van der Waals surface area contributed by atoms with Crippen molar-refractivity contribution in [3.05, 3.63) is 34.1 Å². The molecule has 0 fully saturated rings. The van der Waals surface area contributed by atoms with Gasteiger partial charge in [-0.3, -0.25) is 9.59 Å². The number of aryl methyl sites for hydroxylation is 1. The highest BCUT2D eigenvalue weighted by molar-refractivity contribution is 7.99. The molecular formula is C20H23N5O5S2. The molecule has 0 bridgehead atoms. The zero-order valence-electron chi connectivity index (χ0n) is 18.5. The average molecular weight is 478 g/mol. The van der Waals surface area contributed by atoms with Crippen molar-refractivity contribution in [2.24, 2.45) is 7.05 Å². The van der Waals surface area contributed by atoms with E-state index >= 15 is 0 Å². The average Bonchev–Trinajstić information content (AvgIpc) is 3.42. The monoisotopic (exact) mass is 477 g/mol. The van der Waals surface area contributed by atoms with Gasteiger partial charge in [0.2, 0.25) is 5.91 Å². The van der Waals surface area contributed by atoms with Crippen LogP contribution in [0.3, 0.4) is 0 Å². The van der Waals surface area contributed by atoms with Gasteiger partial charge in [0, 0.05) is 21.1 Å². The van der Waals surface area contributed by atoms with Gasteiger partial charge >= 0.3 is 5.97 Å². The third-order valence-electron chi connectivity index (χ3n) is 4.66. The van der Waals surface area contributed by atoms with Crippen molar-refractivity contribution in [3.63, 3.8) is 0 Å². The van der Waals surface area contributed by atoms with Crippen LogP contribution in [0.5, 0.6) is 0 Å². The van der Waals surface area contributed by atoms with Crippen molar-refractivity contribution >= 4 is 45.9 Å². The predicted molar refractivity (Wildman–Crippen MR) is 121 cm³/mol. The predicted octanol–water partition coefficient (Wildman–Crippen LogP) is 2.97. The van der Waals surface area contributed by atoms with Crippen molar-refractivity contribution in [2.75, 3.05) is 32.3 Å². The number of esters is 1. The third-order valence-corrected chi connectivity index (χ3v) is 6.87. The van der Waals surface area contributed by atoms with Crippen LogP contribution in [0.2, 0.25) is 0 Å². The number of furan rings is 1. The second-order valence-corrected chi connectivity index (χ2v) is 9.01. The van der Waals surface area contributed by atoms with Gasteiger partial charge in [-0.2, -0.15) is 0 Å². The molecule has 0 aliphatic carbocycles. The van der Waals surface area contributed by atoms with E-state index in [1.807, 2.05) is 6.92 Å². The third kappa shape index (κ3) is 4.55. The highest BCUT2D eigenvalue weighted by Crippen LogP contribution is 2.34. The molecule has 0 radical (unpaired) electrons. The fourth-order valence-corrected chi connectivity index (χ4v) is 4.88. The number of carbonyl (C=O) groups is 3. The number of aromatic nitrogens is 3. The first-order valence-corrected chi connectivity index (χ1v) is 11.3. The second kappa shape index (κ2) is 9.57. The maximum Gasteiger partial charge on any atom is 0.341 e. The van der Waals surface area contributed by atoms with Crippen LogP contribution in [-0.2, 0) is 16.6 Å². The molecule has 32 heavy (non-hydrogen) atoms. The molecule has 0 aromatic carbocycles. The van der Waals surface area contributed by atoms with Crippen LogP contribution >= 0.6 is 23.1 Å². The highest BCUT2D eigenvalue weighted by Gasteiger charge is 2.27. The quantitative estimate of drug-likeness (QED) is 0.407. The van der Waals surface area contributed by atoms with Crippen molar-refractivity contribution in [1.82, 2.24) is 19.7 Å². The maximum absolute atomic E-state index is 12.6. The molecule has 0 unspecified atom stereocenters. The number of nitrogens with one attached hydrogen (secondary N) is 1. The number of thioether (sulfide) groups is 1. The molecule has 1 N–H and O–H groups in total. The number of hydrogen-bond donors (Lipinski definition) is 1. The minimum Gasteiger partial charge on any atom is -0.469 e. The summed E-state index contributed by atoms with van der Waals surface area (Å²) < 4.78 is 11.9. The number of carbonyl (C=O) groups excluding carboxylic acids is 3. The topological polar surface area (TPSA) is 120 Å². The van der Waals surface area contributed by atoms with E-state index in [0.717, 1.165) is 22.7 Å². The number of hydrogen-bond acceptors (Lipinski definition) is 9. The molecule has 3 aromatic rings. The van der Waals surface area contributed by atoms with Crippen molar-refractivity contribution in [2.45, 2.75) is 19.0 Å². The summed E-state index contributed by atoms with van der Waals surface area (Å²) in [7, 11) is 6.30. The Balaban J connectivity index is 1.76. The maximum atomic E-state index is 12.6. The molecule has 0 saturated heterocycles. The zero-order chi connectivity index (χ0) is 23.6. The lowest BCUT2D eigenvalue weighted by molar-refractivity contribution is -0.113. The van der Waals surface area contributed by atoms with Crippen LogP contribution in [0.1, 0.15) is 31.4 Å². The van der Waals surface area contributed by atoms with Gasteiger partial charge in [0.1, 0.15) is 10.8 Å². The van der Waals surface area contributed by atoms with Gasteiger partial charge in [-0.15, -0.1) is 21.5 Å². The Bertz CT molecular complexity index is 1180. The lowest BCUT2D eigenvalue weighted by Gasteiger charge is -2.08. The Morgan fingerprint density at radius 2 is 2.00 bits per heavy atom. The second-order valence-electron chi connectivity index (χ2n) is 7.04. The van der Waals surface area contributed by atoms with E-state index in [0.29, 0.717) is 21.4 Å². The number of amides is 2. The fourth-order valence-electron chi connectivity index (χ4n) is 2.94. The van der Waals surface area contributed by atoms with Crippen molar-refractivity contribution < 1.29 is 23.5 Å². The first-order chi connectivity index (χ1) is 15.1. The van der Waals surface area contributed by atoms with Crippen LogP contribution in [0.15, 0.2) is 21.9 Å². The SMILES string of the molecule is COC(=O)c1c(NC(=O)CSc2nnc(-c3ccoc3C)n2C)sc(C(=O)N(C)C)c1C. The summed E-state index contributed by atoms with van der Waals surface area (Å²) >= 11 is 2.25. The van der Waals surface area contributed by atoms with E-state index in [-0.39, 0.29) is 28.1 Å². The Kier molecular flexibility index (Phi) is 7.04. The Labute approximate surface area is 192 Å². The van der Waals surface area contributed by atoms with Crippen LogP contribution in [0, 0.1) is 13.8 Å². The molecule has 0 atom stereocenters. The minimum atomic E-state index is -0.618. The van der Waals surface area contributed by atoms with Gasteiger partial charge in [0.25, 0.3) is 5.91 Å².